The number of aliphatic hydroxyl groups is 1. The molecule has 126 valence electrons. The fourth-order valence-electron chi connectivity index (χ4n) is 1.65. The molecule has 0 aliphatic rings. The van der Waals surface area contributed by atoms with Crippen LogP contribution in [0.5, 0.6) is 0 Å². The van der Waals surface area contributed by atoms with Crippen molar-refractivity contribution >= 4 is 5.97 Å². The highest BCUT2D eigenvalue weighted by Gasteiger charge is 2.33. The number of halogens is 3. The number of carbonyl (C=O) groups is 1. The second-order valence-electron chi connectivity index (χ2n) is 4.80. The molecule has 4 nitrogen and oxygen atoms in total. The Morgan fingerprint density at radius 3 is 2.18 bits per heavy atom. The van der Waals surface area contributed by atoms with Crippen LogP contribution in [0.4, 0.5) is 13.2 Å². The minimum absolute atomic E-state index is 0.0440. The van der Waals surface area contributed by atoms with Crippen LogP contribution in [-0.2, 0) is 17.5 Å². The van der Waals surface area contributed by atoms with E-state index in [4.69, 9.17) is 10.2 Å². The summed E-state index contributed by atoms with van der Waals surface area (Å²) in [5.41, 5.74) is -1.67. The highest BCUT2D eigenvalue weighted by molar-refractivity contribution is 5.78. The molecule has 0 aliphatic carbocycles. The van der Waals surface area contributed by atoms with Gasteiger partial charge in [0, 0.05) is 6.54 Å². The summed E-state index contributed by atoms with van der Waals surface area (Å²) in [6.07, 6.45) is -4.41. The second kappa shape index (κ2) is 8.14. The van der Waals surface area contributed by atoms with E-state index >= 15 is 0 Å². The third-order valence-corrected chi connectivity index (χ3v) is 3.07. The fourth-order valence-corrected chi connectivity index (χ4v) is 1.65. The van der Waals surface area contributed by atoms with Crippen molar-refractivity contribution in [1.82, 2.24) is 5.32 Å². The van der Waals surface area contributed by atoms with Gasteiger partial charge in [0.15, 0.2) is 0 Å². The fraction of sp³-hybridized carbons (Fsp3) is 0.533. The van der Waals surface area contributed by atoms with E-state index in [0.717, 1.165) is 6.07 Å². The molecule has 22 heavy (non-hydrogen) atoms. The van der Waals surface area contributed by atoms with Gasteiger partial charge in [-0.15, -0.1) is 0 Å². The normalized spacial score (nSPS) is 13.8. The van der Waals surface area contributed by atoms with Crippen LogP contribution in [0.25, 0.3) is 0 Å². The summed E-state index contributed by atoms with van der Waals surface area (Å²) in [7, 11) is 0. The number of benzene rings is 1. The lowest BCUT2D eigenvalue weighted by Gasteiger charge is -2.24. The summed E-state index contributed by atoms with van der Waals surface area (Å²) >= 11 is 0. The van der Waals surface area contributed by atoms with E-state index < -0.39 is 29.9 Å². The van der Waals surface area contributed by atoms with Crippen molar-refractivity contribution in [3.8, 4) is 0 Å². The van der Waals surface area contributed by atoms with Gasteiger partial charge in [-0.05, 0) is 31.0 Å². The molecule has 0 saturated heterocycles. The first-order chi connectivity index (χ1) is 10.1. The molecule has 0 bridgehead atoms. The number of rotatable bonds is 5. The van der Waals surface area contributed by atoms with Crippen molar-refractivity contribution in [3.05, 3.63) is 34.9 Å². The Hall–Kier alpha value is -1.60. The largest absolute Gasteiger partial charge is 0.480 e. The maximum Gasteiger partial charge on any atom is 0.416 e. The molecule has 7 heteroatoms. The predicted octanol–water partition coefficient (Wildman–Crippen LogP) is 2.97. The molecule has 0 aromatic heterocycles. The molecule has 0 saturated carbocycles. The van der Waals surface area contributed by atoms with E-state index in [1.165, 1.54) is 26.0 Å². The van der Waals surface area contributed by atoms with Gasteiger partial charge in [0.25, 0.3) is 0 Å². The Kier molecular flexibility index (Phi) is 7.55. The van der Waals surface area contributed by atoms with Crippen molar-refractivity contribution in [2.75, 3.05) is 6.61 Å². The van der Waals surface area contributed by atoms with Crippen LogP contribution in [0.15, 0.2) is 18.2 Å². The molecule has 1 aromatic carbocycles. The average molecular weight is 321 g/mol. The van der Waals surface area contributed by atoms with Crippen LogP contribution < -0.4 is 5.32 Å². The molecular formula is C15H22F3NO3. The zero-order chi connectivity index (χ0) is 17.6. The molecule has 0 spiro atoms. The minimum atomic E-state index is -4.41. The molecule has 0 heterocycles. The van der Waals surface area contributed by atoms with E-state index in [0.29, 0.717) is 5.56 Å². The number of hydrogen-bond acceptors (Lipinski definition) is 3. The van der Waals surface area contributed by atoms with E-state index in [9.17, 15) is 18.0 Å². The van der Waals surface area contributed by atoms with Crippen LogP contribution in [0.1, 0.15) is 37.5 Å². The standard InChI is InChI=1S/C13H16F3NO3.C2H6/c1-8-5-9(3-4-10(8)13(14,15)16)6-17-12(2,7-18)11(19)20;1-2/h3-5,17-18H,6-7H2,1-2H3,(H,19,20);1-2H3. The smallest absolute Gasteiger partial charge is 0.416 e. The lowest BCUT2D eigenvalue weighted by atomic mass is 10.0. The summed E-state index contributed by atoms with van der Waals surface area (Å²) in [5.74, 6) is -1.23. The molecule has 1 rings (SSSR count). The first kappa shape index (κ1) is 20.4. The van der Waals surface area contributed by atoms with Gasteiger partial charge in [-0.1, -0.05) is 26.0 Å². The summed E-state index contributed by atoms with van der Waals surface area (Å²) < 4.78 is 37.8. The zero-order valence-electron chi connectivity index (χ0n) is 13.1. The van der Waals surface area contributed by atoms with Crippen molar-refractivity contribution in [1.29, 1.82) is 0 Å². The second-order valence-corrected chi connectivity index (χ2v) is 4.80. The van der Waals surface area contributed by atoms with Crippen LogP contribution >= 0.6 is 0 Å². The molecule has 3 N–H and O–H groups in total. The van der Waals surface area contributed by atoms with Gasteiger partial charge < -0.3 is 10.2 Å². The molecule has 1 atom stereocenters. The van der Waals surface area contributed by atoms with Crippen molar-refractivity contribution in [2.45, 2.75) is 46.0 Å². The van der Waals surface area contributed by atoms with Gasteiger partial charge in [-0.25, -0.2) is 0 Å². The summed E-state index contributed by atoms with van der Waals surface area (Å²) in [5, 5.41) is 20.6. The Labute approximate surface area is 128 Å². The Bertz CT molecular complexity index is 503. The highest BCUT2D eigenvalue weighted by Crippen LogP contribution is 2.32. The van der Waals surface area contributed by atoms with Crippen LogP contribution in [0.2, 0.25) is 0 Å². The van der Waals surface area contributed by atoms with Gasteiger partial charge in [0.05, 0.1) is 12.2 Å². The molecular weight excluding hydrogens is 299 g/mol. The first-order valence-corrected chi connectivity index (χ1v) is 6.86. The Balaban J connectivity index is 0.00000211. The quantitative estimate of drug-likeness (QED) is 0.780. The topological polar surface area (TPSA) is 69.6 Å². The lowest BCUT2D eigenvalue weighted by molar-refractivity contribution is -0.146. The summed E-state index contributed by atoms with van der Waals surface area (Å²) in [6, 6.07) is 3.58. The molecule has 0 aliphatic heterocycles. The van der Waals surface area contributed by atoms with Crippen LogP contribution in [0, 0.1) is 6.92 Å². The highest BCUT2D eigenvalue weighted by atomic mass is 19.4. The van der Waals surface area contributed by atoms with Crippen molar-refractivity contribution in [3.63, 3.8) is 0 Å². The SMILES string of the molecule is CC.Cc1cc(CNC(C)(CO)C(=O)O)ccc1C(F)(F)F. The van der Waals surface area contributed by atoms with Gasteiger partial charge in [0.1, 0.15) is 5.54 Å². The van der Waals surface area contributed by atoms with Gasteiger partial charge in [0.2, 0.25) is 0 Å². The maximum absolute atomic E-state index is 12.6. The van der Waals surface area contributed by atoms with Gasteiger partial charge in [-0.3, -0.25) is 10.1 Å². The van der Waals surface area contributed by atoms with Crippen LogP contribution in [0.3, 0.4) is 0 Å². The van der Waals surface area contributed by atoms with Crippen LogP contribution in [-0.4, -0.2) is 28.3 Å². The Morgan fingerprint density at radius 1 is 1.27 bits per heavy atom. The van der Waals surface area contributed by atoms with Crippen molar-refractivity contribution in [2.24, 2.45) is 0 Å². The Morgan fingerprint density at radius 2 is 1.82 bits per heavy atom. The maximum atomic E-state index is 12.6. The first-order valence-electron chi connectivity index (χ1n) is 6.86. The third kappa shape index (κ3) is 5.31. The van der Waals surface area contributed by atoms with E-state index in [-0.39, 0.29) is 12.1 Å². The number of aryl methyl sites for hydroxylation is 1. The molecule has 1 unspecified atom stereocenters. The molecule has 0 radical (unpaired) electrons. The number of aliphatic carboxylic acids is 1. The summed E-state index contributed by atoms with van der Waals surface area (Å²) in [4.78, 5) is 11.0. The zero-order valence-corrected chi connectivity index (χ0v) is 13.1. The monoisotopic (exact) mass is 321 g/mol. The molecule has 1 aromatic rings. The number of nitrogens with one attached hydrogen (secondary N) is 1. The minimum Gasteiger partial charge on any atom is -0.480 e. The van der Waals surface area contributed by atoms with Gasteiger partial charge >= 0.3 is 12.1 Å². The number of carboxylic acids is 1. The van der Waals surface area contributed by atoms with E-state index in [2.05, 4.69) is 5.32 Å². The van der Waals surface area contributed by atoms with E-state index in [1.54, 1.807) is 0 Å². The number of carboxylic acid groups (broad SMARTS) is 1. The lowest BCUT2D eigenvalue weighted by Crippen LogP contribution is -2.52. The third-order valence-electron chi connectivity index (χ3n) is 3.07. The van der Waals surface area contributed by atoms with Crippen molar-refractivity contribution < 1.29 is 28.2 Å². The molecule has 0 amide bonds. The summed E-state index contributed by atoms with van der Waals surface area (Å²) in [6.45, 7) is 6.06. The number of hydrogen-bond donors (Lipinski definition) is 3. The molecule has 0 fully saturated rings. The number of alkyl halides is 3. The number of aliphatic hydroxyl groups excluding tert-OH is 1. The average Bonchev–Trinajstić information content (AvgIpc) is 2.45. The predicted molar refractivity (Wildman–Crippen MR) is 77.5 cm³/mol. The van der Waals surface area contributed by atoms with Gasteiger partial charge in [-0.2, -0.15) is 13.2 Å². The van der Waals surface area contributed by atoms with E-state index in [1.807, 2.05) is 13.8 Å².